The molecule has 2 N–H and O–H groups in total. The van der Waals surface area contributed by atoms with Gasteiger partial charge in [-0.25, -0.2) is 0 Å². The van der Waals surface area contributed by atoms with Crippen LogP contribution in [0.1, 0.15) is 45.4 Å². The lowest BCUT2D eigenvalue weighted by molar-refractivity contribution is -0.122. The second-order valence-electron chi connectivity index (χ2n) is 5.91. The van der Waals surface area contributed by atoms with Crippen molar-refractivity contribution in [2.45, 2.75) is 45.4 Å². The monoisotopic (exact) mass is 274 g/mol. The highest BCUT2D eigenvalue weighted by Crippen LogP contribution is 2.31. The minimum Gasteiger partial charge on any atom is -0.356 e. The Morgan fingerprint density at radius 3 is 2.50 bits per heavy atom. The van der Waals surface area contributed by atoms with Crippen molar-refractivity contribution in [3.05, 3.63) is 0 Å². The average Bonchev–Trinajstić information content (AvgIpc) is 2.28. The molecule has 2 aliphatic rings. The van der Waals surface area contributed by atoms with Crippen LogP contribution >= 0.6 is 12.4 Å². The lowest BCUT2D eigenvalue weighted by Gasteiger charge is -2.29. The summed E-state index contributed by atoms with van der Waals surface area (Å²) in [7, 11) is 0. The van der Waals surface area contributed by atoms with Crippen molar-refractivity contribution in [3.63, 3.8) is 0 Å². The minimum atomic E-state index is 0. The molecule has 0 aromatic rings. The van der Waals surface area contributed by atoms with Crippen molar-refractivity contribution in [2.24, 2.45) is 17.8 Å². The number of halogens is 1. The second kappa shape index (κ2) is 8.00. The first-order valence-electron chi connectivity index (χ1n) is 7.23. The molecule has 1 unspecified atom stereocenters. The molecule has 18 heavy (non-hydrogen) atoms. The summed E-state index contributed by atoms with van der Waals surface area (Å²) in [5.41, 5.74) is 0. The zero-order chi connectivity index (χ0) is 12.1. The first-order chi connectivity index (χ1) is 8.25. The maximum absolute atomic E-state index is 11.8. The van der Waals surface area contributed by atoms with E-state index in [1.54, 1.807) is 0 Å². The Hall–Kier alpha value is -0.280. The van der Waals surface area contributed by atoms with Crippen LogP contribution in [0.25, 0.3) is 0 Å². The van der Waals surface area contributed by atoms with E-state index in [0.29, 0.717) is 11.8 Å². The molecule has 4 heteroatoms. The van der Waals surface area contributed by atoms with Gasteiger partial charge in [0.15, 0.2) is 0 Å². The SMILES string of the molecule is CC(CC(=O)NCC1CNC1)C1CCCCC1.Cl. The first-order valence-corrected chi connectivity index (χ1v) is 7.23. The van der Waals surface area contributed by atoms with Crippen LogP contribution in [0.3, 0.4) is 0 Å². The van der Waals surface area contributed by atoms with Crippen molar-refractivity contribution >= 4 is 18.3 Å². The van der Waals surface area contributed by atoms with Crippen molar-refractivity contribution in [3.8, 4) is 0 Å². The molecule has 0 aromatic carbocycles. The predicted octanol–water partition coefficient (Wildman–Crippen LogP) is 2.35. The zero-order valence-corrected chi connectivity index (χ0v) is 12.2. The minimum absolute atomic E-state index is 0. The summed E-state index contributed by atoms with van der Waals surface area (Å²) in [6.45, 7) is 5.25. The van der Waals surface area contributed by atoms with E-state index < -0.39 is 0 Å². The van der Waals surface area contributed by atoms with Crippen molar-refractivity contribution < 1.29 is 4.79 Å². The first kappa shape index (κ1) is 15.8. The largest absolute Gasteiger partial charge is 0.356 e. The lowest BCUT2D eigenvalue weighted by Crippen LogP contribution is -2.48. The smallest absolute Gasteiger partial charge is 0.220 e. The fourth-order valence-electron chi connectivity index (χ4n) is 2.99. The second-order valence-corrected chi connectivity index (χ2v) is 5.91. The van der Waals surface area contributed by atoms with Gasteiger partial charge in [0.1, 0.15) is 0 Å². The van der Waals surface area contributed by atoms with E-state index in [-0.39, 0.29) is 18.3 Å². The molecule has 1 amide bonds. The molecule has 1 saturated heterocycles. The summed E-state index contributed by atoms with van der Waals surface area (Å²) in [5.74, 6) is 2.29. The van der Waals surface area contributed by atoms with Crippen molar-refractivity contribution in [2.75, 3.05) is 19.6 Å². The topological polar surface area (TPSA) is 41.1 Å². The summed E-state index contributed by atoms with van der Waals surface area (Å²) in [6.07, 6.45) is 7.52. The van der Waals surface area contributed by atoms with Gasteiger partial charge in [-0.3, -0.25) is 4.79 Å². The van der Waals surface area contributed by atoms with Gasteiger partial charge in [-0.1, -0.05) is 39.0 Å². The molecule has 3 nitrogen and oxygen atoms in total. The van der Waals surface area contributed by atoms with E-state index in [0.717, 1.165) is 32.0 Å². The molecule has 0 aromatic heterocycles. The van der Waals surface area contributed by atoms with Gasteiger partial charge >= 0.3 is 0 Å². The van der Waals surface area contributed by atoms with E-state index in [9.17, 15) is 4.79 Å². The fraction of sp³-hybridized carbons (Fsp3) is 0.929. The van der Waals surface area contributed by atoms with Crippen LogP contribution in [0.4, 0.5) is 0 Å². The van der Waals surface area contributed by atoms with Gasteiger partial charge in [-0.15, -0.1) is 12.4 Å². The number of rotatable bonds is 5. The third kappa shape index (κ3) is 4.77. The third-order valence-electron chi connectivity index (χ3n) is 4.42. The molecule has 1 heterocycles. The van der Waals surface area contributed by atoms with Crippen LogP contribution in [-0.2, 0) is 4.79 Å². The van der Waals surface area contributed by atoms with Gasteiger partial charge in [0.25, 0.3) is 0 Å². The van der Waals surface area contributed by atoms with Crippen LogP contribution in [0.15, 0.2) is 0 Å². The number of hydrogen-bond acceptors (Lipinski definition) is 2. The number of carbonyl (C=O) groups is 1. The molecule has 0 spiro atoms. The molecule has 1 aliphatic heterocycles. The third-order valence-corrected chi connectivity index (χ3v) is 4.42. The normalized spacial score (nSPS) is 22.7. The fourth-order valence-corrected chi connectivity index (χ4v) is 2.99. The number of nitrogens with one attached hydrogen (secondary N) is 2. The van der Waals surface area contributed by atoms with Gasteiger partial charge in [0, 0.05) is 32.0 Å². The quantitative estimate of drug-likeness (QED) is 0.808. The number of amides is 1. The van der Waals surface area contributed by atoms with E-state index in [1.165, 1.54) is 32.1 Å². The van der Waals surface area contributed by atoms with Crippen LogP contribution in [-0.4, -0.2) is 25.5 Å². The Bertz CT molecular complexity index is 250. The molecule has 1 saturated carbocycles. The Labute approximate surface area is 117 Å². The molecule has 106 valence electrons. The molecular weight excluding hydrogens is 248 g/mol. The Kier molecular flexibility index (Phi) is 7.02. The van der Waals surface area contributed by atoms with Crippen molar-refractivity contribution in [1.29, 1.82) is 0 Å². The molecule has 2 fully saturated rings. The summed E-state index contributed by atoms with van der Waals surface area (Å²) >= 11 is 0. The van der Waals surface area contributed by atoms with Gasteiger partial charge in [-0.2, -0.15) is 0 Å². The highest BCUT2D eigenvalue weighted by atomic mass is 35.5. The highest BCUT2D eigenvalue weighted by molar-refractivity contribution is 5.85. The van der Waals surface area contributed by atoms with Crippen LogP contribution < -0.4 is 10.6 Å². The summed E-state index contributed by atoms with van der Waals surface area (Å²) in [4.78, 5) is 11.8. The number of carbonyl (C=O) groups excluding carboxylic acids is 1. The molecular formula is C14H27ClN2O. The molecule has 2 rings (SSSR count). The van der Waals surface area contributed by atoms with E-state index >= 15 is 0 Å². The predicted molar refractivity (Wildman–Crippen MR) is 77.0 cm³/mol. The van der Waals surface area contributed by atoms with Crippen LogP contribution in [0, 0.1) is 17.8 Å². The zero-order valence-electron chi connectivity index (χ0n) is 11.4. The summed E-state index contributed by atoms with van der Waals surface area (Å²) in [6, 6.07) is 0. The highest BCUT2D eigenvalue weighted by Gasteiger charge is 2.23. The van der Waals surface area contributed by atoms with E-state index in [4.69, 9.17) is 0 Å². The van der Waals surface area contributed by atoms with Gasteiger partial charge in [0.05, 0.1) is 0 Å². The average molecular weight is 275 g/mol. The van der Waals surface area contributed by atoms with Gasteiger partial charge in [0.2, 0.25) is 5.91 Å². The molecule has 1 aliphatic carbocycles. The summed E-state index contributed by atoms with van der Waals surface area (Å²) < 4.78 is 0. The maximum Gasteiger partial charge on any atom is 0.220 e. The van der Waals surface area contributed by atoms with E-state index in [2.05, 4.69) is 17.6 Å². The lowest BCUT2D eigenvalue weighted by atomic mass is 9.79. The van der Waals surface area contributed by atoms with Crippen LogP contribution in [0.5, 0.6) is 0 Å². The summed E-state index contributed by atoms with van der Waals surface area (Å²) in [5, 5.41) is 6.30. The van der Waals surface area contributed by atoms with Gasteiger partial charge < -0.3 is 10.6 Å². The Morgan fingerprint density at radius 1 is 1.28 bits per heavy atom. The molecule has 0 radical (unpaired) electrons. The van der Waals surface area contributed by atoms with Crippen LogP contribution in [0.2, 0.25) is 0 Å². The molecule has 1 atom stereocenters. The standard InChI is InChI=1S/C14H26N2O.ClH/c1-11(13-5-3-2-4-6-13)7-14(17)16-10-12-8-15-9-12;/h11-13,15H,2-10H2,1H3,(H,16,17);1H. The Morgan fingerprint density at radius 2 is 1.94 bits per heavy atom. The maximum atomic E-state index is 11.8. The molecule has 0 bridgehead atoms. The Balaban J connectivity index is 0.00000162. The number of hydrogen-bond donors (Lipinski definition) is 2. The van der Waals surface area contributed by atoms with E-state index in [1.807, 2.05) is 0 Å². The van der Waals surface area contributed by atoms with Gasteiger partial charge in [-0.05, 0) is 11.8 Å². The van der Waals surface area contributed by atoms with Crippen molar-refractivity contribution in [1.82, 2.24) is 10.6 Å².